The van der Waals surface area contributed by atoms with E-state index >= 15 is 0 Å². The smallest absolute Gasteiger partial charge is 0.0518 e. The second kappa shape index (κ2) is 10.6. The van der Waals surface area contributed by atoms with Crippen molar-refractivity contribution in [1.82, 2.24) is 10.2 Å². The topological polar surface area (TPSA) is 24.5 Å². The predicted molar refractivity (Wildman–Crippen MR) is 82.7 cm³/mol. The zero-order valence-corrected chi connectivity index (χ0v) is 13.3. The minimum atomic E-state index is 0.364. The average Bonchev–Trinajstić information content (AvgIpc) is 2.39. The van der Waals surface area contributed by atoms with Gasteiger partial charge in [-0.25, -0.2) is 0 Å². The highest BCUT2D eigenvalue weighted by Gasteiger charge is 2.20. The van der Waals surface area contributed by atoms with Crippen molar-refractivity contribution in [1.29, 1.82) is 0 Å². The Morgan fingerprint density at radius 2 is 2.11 bits per heavy atom. The Hall–Kier alpha value is -0.120. The van der Waals surface area contributed by atoms with Gasteiger partial charge in [-0.1, -0.05) is 19.8 Å². The van der Waals surface area contributed by atoms with Crippen molar-refractivity contribution in [2.24, 2.45) is 0 Å². The zero-order chi connectivity index (χ0) is 13.9. The summed E-state index contributed by atoms with van der Waals surface area (Å²) in [6.07, 6.45) is 8.42. The van der Waals surface area contributed by atoms with E-state index in [4.69, 9.17) is 4.74 Å². The van der Waals surface area contributed by atoms with Crippen molar-refractivity contribution in [2.75, 3.05) is 32.8 Å². The molecule has 0 radical (unpaired) electrons. The summed E-state index contributed by atoms with van der Waals surface area (Å²) in [7, 11) is 0. The van der Waals surface area contributed by atoms with E-state index in [0.29, 0.717) is 6.10 Å². The molecule has 1 saturated heterocycles. The van der Waals surface area contributed by atoms with Crippen molar-refractivity contribution in [3.63, 3.8) is 0 Å². The summed E-state index contributed by atoms with van der Waals surface area (Å²) in [6, 6.07) is 0.852. The second-order valence-corrected chi connectivity index (χ2v) is 6.00. The van der Waals surface area contributed by atoms with E-state index in [2.05, 4.69) is 31.0 Å². The first-order valence-corrected chi connectivity index (χ1v) is 8.30. The van der Waals surface area contributed by atoms with Crippen LogP contribution in [0.2, 0.25) is 0 Å². The molecule has 3 nitrogen and oxygen atoms in total. The van der Waals surface area contributed by atoms with Gasteiger partial charge >= 0.3 is 0 Å². The number of hydrogen-bond donors (Lipinski definition) is 1. The van der Waals surface area contributed by atoms with Crippen LogP contribution in [0.15, 0.2) is 0 Å². The van der Waals surface area contributed by atoms with Crippen LogP contribution in [0.5, 0.6) is 0 Å². The average molecular weight is 270 g/mol. The van der Waals surface area contributed by atoms with Crippen molar-refractivity contribution in [2.45, 2.75) is 71.4 Å². The third-order valence-electron chi connectivity index (χ3n) is 3.90. The Kier molecular flexibility index (Phi) is 9.48. The summed E-state index contributed by atoms with van der Waals surface area (Å²) in [5.74, 6) is 0. The molecule has 3 heteroatoms. The van der Waals surface area contributed by atoms with Crippen LogP contribution in [0.4, 0.5) is 0 Å². The van der Waals surface area contributed by atoms with Gasteiger partial charge in [0, 0.05) is 25.7 Å². The van der Waals surface area contributed by atoms with Gasteiger partial charge < -0.3 is 10.1 Å². The maximum absolute atomic E-state index is 5.54. The number of piperidine rings is 1. The molecule has 1 N–H and O–H groups in total. The summed E-state index contributed by atoms with van der Waals surface area (Å²) in [5.41, 5.74) is 0. The summed E-state index contributed by atoms with van der Waals surface area (Å²) < 4.78 is 5.54. The highest BCUT2D eigenvalue weighted by atomic mass is 16.5. The van der Waals surface area contributed by atoms with Crippen LogP contribution in [0, 0.1) is 0 Å². The molecule has 114 valence electrons. The first-order valence-electron chi connectivity index (χ1n) is 8.30. The minimum absolute atomic E-state index is 0.364. The Bertz CT molecular complexity index is 207. The minimum Gasteiger partial charge on any atom is -0.379 e. The van der Waals surface area contributed by atoms with Gasteiger partial charge in [0.1, 0.15) is 0 Å². The molecule has 0 aromatic rings. The molecular weight excluding hydrogens is 236 g/mol. The van der Waals surface area contributed by atoms with Crippen LogP contribution in [-0.4, -0.2) is 49.8 Å². The van der Waals surface area contributed by atoms with E-state index in [-0.39, 0.29) is 0 Å². The molecule has 1 aliphatic heterocycles. The molecule has 0 aromatic carbocycles. The lowest BCUT2D eigenvalue weighted by Gasteiger charge is -2.35. The summed E-state index contributed by atoms with van der Waals surface area (Å²) >= 11 is 0. The van der Waals surface area contributed by atoms with Crippen LogP contribution in [-0.2, 0) is 4.74 Å². The molecule has 1 heterocycles. The van der Waals surface area contributed by atoms with E-state index in [0.717, 1.165) is 32.2 Å². The van der Waals surface area contributed by atoms with Gasteiger partial charge in [-0.15, -0.1) is 0 Å². The van der Waals surface area contributed by atoms with Gasteiger partial charge in [0.2, 0.25) is 0 Å². The lowest BCUT2D eigenvalue weighted by atomic mass is 9.98. The largest absolute Gasteiger partial charge is 0.379 e. The number of likely N-dealkylation sites (tertiary alicyclic amines) is 1. The fourth-order valence-corrected chi connectivity index (χ4v) is 2.88. The lowest BCUT2D eigenvalue weighted by molar-refractivity contribution is 0.0767. The number of nitrogens with one attached hydrogen (secondary N) is 1. The molecule has 0 bridgehead atoms. The molecule has 1 aliphatic rings. The van der Waals surface area contributed by atoms with Crippen LogP contribution < -0.4 is 5.32 Å². The third-order valence-corrected chi connectivity index (χ3v) is 3.90. The van der Waals surface area contributed by atoms with Crippen molar-refractivity contribution < 1.29 is 4.74 Å². The molecule has 0 spiro atoms. The van der Waals surface area contributed by atoms with Gasteiger partial charge in [-0.3, -0.25) is 4.90 Å². The van der Waals surface area contributed by atoms with Gasteiger partial charge in [0.05, 0.1) is 6.10 Å². The Morgan fingerprint density at radius 3 is 2.84 bits per heavy atom. The Morgan fingerprint density at radius 1 is 1.26 bits per heavy atom. The van der Waals surface area contributed by atoms with E-state index in [1.54, 1.807) is 0 Å². The molecule has 1 atom stereocenters. The molecule has 0 aliphatic carbocycles. The highest BCUT2D eigenvalue weighted by Crippen LogP contribution is 2.19. The number of ether oxygens (including phenoxy) is 1. The molecule has 0 amide bonds. The third kappa shape index (κ3) is 7.91. The highest BCUT2D eigenvalue weighted by molar-refractivity contribution is 4.76. The molecular formula is C16H34N2O. The predicted octanol–water partition coefficient (Wildman–Crippen LogP) is 3.05. The van der Waals surface area contributed by atoms with Gasteiger partial charge in [-0.2, -0.15) is 0 Å². The van der Waals surface area contributed by atoms with E-state index in [1.165, 1.54) is 45.2 Å². The number of rotatable bonds is 10. The SMILES string of the molecule is CCCC1CCCCN1CCNCCCOC(C)C. The number of hydrogen-bond acceptors (Lipinski definition) is 3. The quantitative estimate of drug-likeness (QED) is 0.618. The maximum atomic E-state index is 5.54. The maximum Gasteiger partial charge on any atom is 0.0518 e. The second-order valence-electron chi connectivity index (χ2n) is 6.00. The van der Waals surface area contributed by atoms with E-state index < -0.39 is 0 Å². The van der Waals surface area contributed by atoms with Crippen molar-refractivity contribution in [3.8, 4) is 0 Å². The monoisotopic (exact) mass is 270 g/mol. The lowest BCUT2D eigenvalue weighted by Crippen LogP contribution is -2.43. The van der Waals surface area contributed by atoms with Crippen molar-refractivity contribution >= 4 is 0 Å². The molecule has 0 saturated carbocycles. The number of nitrogens with zero attached hydrogens (tertiary/aromatic N) is 1. The van der Waals surface area contributed by atoms with Gasteiger partial charge in [0.15, 0.2) is 0 Å². The molecule has 1 rings (SSSR count). The fourth-order valence-electron chi connectivity index (χ4n) is 2.88. The molecule has 0 aromatic heterocycles. The summed E-state index contributed by atoms with van der Waals surface area (Å²) in [5, 5.41) is 3.55. The summed E-state index contributed by atoms with van der Waals surface area (Å²) in [4.78, 5) is 2.70. The van der Waals surface area contributed by atoms with Gasteiger partial charge in [-0.05, 0) is 52.6 Å². The van der Waals surface area contributed by atoms with E-state index in [9.17, 15) is 0 Å². The first-order chi connectivity index (χ1) is 9.24. The van der Waals surface area contributed by atoms with Crippen molar-refractivity contribution in [3.05, 3.63) is 0 Å². The molecule has 1 fully saturated rings. The van der Waals surface area contributed by atoms with E-state index in [1.807, 2.05) is 0 Å². The van der Waals surface area contributed by atoms with Gasteiger partial charge in [0.25, 0.3) is 0 Å². The zero-order valence-electron chi connectivity index (χ0n) is 13.3. The summed E-state index contributed by atoms with van der Waals surface area (Å²) in [6.45, 7) is 12.1. The fraction of sp³-hybridized carbons (Fsp3) is 1.00. The van der Waals surface area contributed by atoms with Crippen LogP contribution in [0.25, 0.3) is 0 Å². The van der Waals surface area contributed by atoms with Crippen LogP contribution in [0.1, 0.15) is 59.3 Å². The normalized spacial score (nSPS) is 21.2. The van der Waals surface area contributed by atoms with Crippen LogP contribution in [0.3, 0.4) is 0 Å². The molecule has 1 unspecified atom stereocenters. The first kappa shape index (κ1) is 16.9. The Labute approximate surface area is 120 Å². The Balaban J connectivity index is 2.00. The van der Waals surface area contributed by atoms with Crippen LogP contribution >= 0.6 is 0 Å². The molecule has 19 heavy (non-hydrogen) atoms. The standard InChI is InChI=1S/C16H34N2O/c1-4-8-16-9-5-6-12-18(16)13-11-17-10-7-14-19-15(2)3/h15-17H,4-14H2,1-3H3.